The highest BCUT2D eigenvalue weighted by Crippen LogP contribution is 2.14. The van der Waals surface area contributed by atoms with Crippen LogP contribution >= 0.6 is 0 Å². The first-order valence-corrected chi connectivity index (χ1v) is 7.23. The maximum atomic E-state index is 10.5. The van der Waals surface area contributed by atoms with E-state index in [0.29, 0.717) is 5.82 Å². The zero-order chi connectivity index (χ0) is 15.1. The minimum Gasteiger partial charge on any atom is -0.370 e. The molecule has 2 rings (SSSR count). The Morgan fingerprint density at radius 3 is 2.62 bits per heavy atom. The fourth-order valence-corrected chi connectivity index (χ4v) is 2.58. The van der Waals surface area contributed by atoms with Gasteiger partial charge in [-0.05, 0) is 18.4 Å². The largest absolute Gasteiger partial charge is 0.370 e. The predicted molar refractivity (Wildman–Crippen MR) is 82.0 cm³/mol. The Labute approximate surface area is 125 Å². The molecule has 2 N–H and O–H groups in total. The fourth-order valence-electron chi connectivity index (χ4n) is 2.58. The van der Waals surface area contributed by atoms with Gasteiger partial charge >= 0.3 is 0 Å². The molecule has 0 bridgehead atoms. The van der Waals surface area contributed by atoms with E-state index in [4.69, 9.17) is 0 Å². The molecule has 1 heterocycles. The van der Waals surface area contributed by atoms with E-state index in [1.165, 1.54) is 5.56 Å². The van der Waals surface area contributed by atoms with Crippen molar-refractivity contribution >= 4 is 0 Å². The van der Waals surface area contributed by atoms with E-state index in [9.17, 15) is 10.1 Å². The van der Waals surface area contributed by atoms with Gasteiger partial charge in [0.15, 0.2) is 5.82 Å². The van der Waals surface area contributed by atoms with Crippen molar-refractivity contribution in [1.29, 1.82) is 0 Å². The van der Waals surface area contributed by atoms with E-state index in [-0.39, 0.29) is 6.04 Å². The van der Waals surface area contributed by atoms with E-state index in [2.05, 4.69) is 39.8 Å². The molecule has 0 aromatic heterocycles. The number of nitrogens with one attached hydrogen (secondary N) is 2. The molecule has 6 nitrogen and oxygen atoms in total. The second-order valence-corrected chi connectivity index (χ2v) is 5.26. The maximum Gasteiger partial charge on any atom is 0.274 e. The Hall–Kier alpha value is -2.08. The quantitative estimate of drug-likeness (QED) is 0.614. The first-order valence-electron chi connectivity index (χ1n) is 7.23. The van der Waals surface area contributed by atoms with Gasteiger partial charge in [0.1, 0.15) is 0 Å². The van der Waals surface area contributed by atoms with Gasteiger partial charge < -0.3 is 10.6 Å². The minimum atomic E-state index is -0.441. The van der Waals surface area contributed by atoms with E-state index in [0.717, 1.165) is 38.7 Å². The summed E-state index contributed by atoms with van der Waals surface area (Å²) < 4.78 is 0. The lowest BCUT2D eigenvalue weighted by Crippen LogP contribution is -2.43. The molecule has 1 saturated heterocycles. The number of benzene rings is 1. The fraction of sp³-hybridized carbons (Fsp3) is 0.467. The van der Waals surface area contributed by atoms with Crippen molar-refractivity contribution in [3.05, 3.63) is 58.0 Å². The summed E-state index contributed by atoms with van der Waals surface area (Å²) in [5.41, 5.74) is 1.33. The number of rotatable bonds is 6. The molecular weight excluding hydrogens is 268 g/mol. The first kappa shape index (κ1) is 15.3. The molecule has 0 aliphatic carbocycles. The molecule has 1 aromatic rings. The first-order chi connectivity index (χ1) is 10.2. The summed E-state index contributed by atoms with van der Waals surface area (Å²) in [5.74, 6) is 0.474. The smallest absolute Gasteiger partial charge is 0.274 e. The molecule has 0 radical (unpaired) electrons. The van der Waals surface area contributed by atoms with Crippen molar-refractivity contribution in [3.8, 4) is 0 Å². The van der Waals surface area contributed by atoms with E-state index < -0.39 is 4.92 Å². The predicted octanol–water partition coefficient (Wildman–Crippen LogP) is 1.54. The zero-order valence-corrected chi connectivity index (χ0v) is 12.3. The molecular formula is C15H22N4O2. The summed E-state index contributed by atoms with van der Waals surface area (Å²) in [6.07, 6.45) is 2.96. The standard InChI is InChI=1S/C15H22N4O2/c1-16-15(12-19(20)21)17-14-7-9-18(10-8-14)11-13-5-3-2-4-6-13/h2-6,12,14,16-17H,7-11H2,1H3/b15-12+. The van der Waals surface area contributed by atoms with Crippen LogP contribution < -0.4 is 10.6 Å². The highest BCUT2D eigenvalue weighted by molar-refractivity contribution is 5.14. The van der Waals surface area contributed by atoms with Crippen LogP contribution in [0, 0.1) is 10.1 Å². The number of nitro groups is 1. The normalized spacial score (nSPS) is 17.5. The van der Waals surface area contributed by atoms with Gasteiger partial charge in [-0.2, -0.15) is 0 Å². The molecule has 6 heteroatoms. The summed E-state index contributed by atoms with van der Waals surface area (Å²) in [7, 11) is 1.69. The van der Waals surface area contributed by atoms with Crippen molar-refractivity contribution < 1.29 is 4.92 Å². The van der Waals surface area contributed by atoms with Crippen LogP contribution in [0.2, 0.25) is 0 Å². The molecule has 0 atom stereocenters. The lowest BCUT2D eigenvalue weighted by atomic mass is 10.0. The second-order valence-electron chi connectivity index (χ2n) is 5.26. The lowest BCUT2D eigenvalue weighted by molar-refractivity contribution is -0.404. The summed E-state index contributed by atoms with van der Waals surface area (Å²) in [6, 6.07) is 10.7. The van der Waals surface area contributed by atoms with Gasteiger partial charge in [0, 0.05) is 32.7 Å². The molecule has 114 valence electrons. The van der Waals surface area contributed by atoms with Gasteiger partial charge in [0.25, 0.3) is 6.20 Å². The van der Waals surface area contributed by atoms with Crippen molar-refractivity contribution in [2.75, 3.05) is 20.1 Å². The Bertz CT molecular complexity index is 482. The third-order valence-electron chi connectivity index (χ3n) is 3.70. The molecule has 0 spiro atoms. The van der Waals surface area contributed by atoms with Crippen LogP contribution in [0.3, 0.4) is 0 Å². The lowest BCUT2D eigenvalue weighted by Gasteiger charge is -2.32. The zero-order valence-electron chi connectivity index (χ0n) is 12.3. The molecule has 0 amide bonds. The topological polar surface area (TPSA) is 70.4 Å². The van der Waals surface area contributed by atoms with Crippen LogP contribution in [-0.2, 0) is 6.54 Å². The van der Waals surface area contributed by atoms with Crippen LogP contribution in [0.4, 0.5) is 0 Å². The van der Waals surface area contributed by atoms with E-state index in [1.54, 1.807) is 7.05 Å². The van der Waals surface area contributed by atoms with Gasteiger partial charge in [-0.3, -0.25) is 15.0 Å². The van der Waals surface area contributed by atoms with Gasteiger partial charge in [-0.25, -0.2) is 0 Å². The molecule has 21 heavy (non-hydrogen) atoms. The van der Waals surface area contributed by atoms with Crippen LogP contribution in [-0.4, -0.2) is 36.0 Å². The molecule has 1 fully saturated rings. The second kappa shape index (κ2) is 7.64. The number of hydrogen-bond acceptors (Lipinski definition) is 5. The molecule has 0 unspecified atom stereocenters. The van der Waals surface area contributed by atoms with Gasteiger partial charge in [0.05, 0.1) is 4.92 Å². The van der Waals surface area contributed by atoms with Gasteiger partial charge in [-0.1, -0.05) is 30.3 Å². The van der Waals surface area contributed by atoms with Crippen LogP contribution in [0.5, 0.6) is 0 Å². The highest BCUT2D eigenvalue weighted by Gasteiger charge is 2.20. The molecule has 0 saturated carbocycles. The van der Waals surface area contributed by atoms with E-state index >= 15 is 0 Å². The summed E-state index contributed by atoms with van der Waals surface area (Å²) in [4.78, 5) is 12.5. The number of likely N-dealkylation sites (tertiary alicyclic amines) is 1. The minimum absolute atomic E-state index is 0.288. The van der Waals surface area contributed by atoms with Crippen LogP contribution in [0.1, 0.15) is 18.4 Å². The van der Waals surface area contributed by atoms with Crippen molar-refractivity contribution in [2.24, 2.45) is 0 Å². The van der Waals surface area contributed by atoms with E-state index in [1.807, 2.05) is 6.07 Å². The Morgan fingerprint density at radius 1 is 1.38 bits per heavy atom. The highest BCUT2D eigenvalue weighted by atomic mass is 16.6. The Morgan fingerprint density at radius 2 is 2.05 bits per heavy atom. The van der Waals surface area contributed by atoms with Gasteiger partial charge in [0.2, 0.25) is 0 Å². The number of piperidine rings is 1. The van der Waals surface area contributed by atoms with Crippen molar-refractivity contribution in [3.63, 3.8) is 0 Å². The SMILES string of the molecule is CN/C(=C\[N+](=O)[O-])NC1CCN(Cc2ccccc2)CC1. The number of hydrogen-bond donors (Lipinski definition) is 2. The Kier molecular flexibility index (Phi) is 5.57. The van der Waals surface area contributed by atoms with Gasteiger partial charge in [-0.15, -0.1) is 0 Å². The average Bonchev–Trinajstić information content (AvgIpc) is 2.49. The van der Waals surface area contributed by atoms with Crippen molar-refractivity contribution in [2.45, 2.75) is 25.4 Å². The molecule has 1 aliphatic rings. The number of nitrogens with zero attached hydrogens (tertiary/aromatic N) is 2. The summed E-state index contributed by atoms with van der Waals surface area (Å²) in [6.45, 7) is 2.97. The van der Waals surface area contributed by atoms with Crippen molar-refractivity contribution in [1.82, 2.24) is 15.5 Å². The molecule has 1 aliphatic heterocycles. The third kappa shape index (κ3) is 5.07. The summed E-state index contributed by atoms with van der Waals surface area (Å²) >= 11 is 0. The summed E-state index contributed by atoms with van der Waals surface area (Å²) in [5, 5.41) is 16.5. The molecule has 1 aromatic carbocycles. The Balaban J connectivity index is 1.79. The van der Waals surface area contributed by atoms with Crippen LogP contribution in [0.15, 0.2) is 42.4 Å². The monoisotopic (exact) mass is 290 g/mol. The third-order valence-corrected chi connectivity index (χ3v) is 3.70. The van der Waals surface area contributed by atoms with Crippen LogP contribution in [0.25, 0.3) is 0 Å². The maximum absolute atomic E-state index is 10.5. The average molecular weight is 290 g/mol.